The first kappa shape index (κ1) is 40.0. The van der Waals surface area contributed by atoms with Crippen molar-refractivity contribution in [3.63, 3.8) is 0 Å². The Balaban J connectivity index is 1.06. The molecule has 4 heteroatoms. The van der Waals surface area contributed by atoms with E-state index in [1.165, 1.54) is 38.5 Å². The molecular formula is C63H48N4. The molecule has 0 bridgehead atoms. The Labute approximate surface area is 392 Å². The van der Waals surface area contributed by atoms with E-state index in [1.54, 1.807) is 0 Å². The Hall–Kier alpha value is -8.60. The van der Waals surface area contributed by atoms with Gasteiger partial charge in [0.2, 0.25) is 0 Å². The van der Waals surface area contributed by atoms with Gasteiger partial charge in [-0.1, -0.05) is 141 Å². The molecule has 11 aromatic rings. The fraction of sp³-hybridized carbons (Fsp3) is 0.0476. The molecule has 0 fully saturated rings. The molecule has 10 aromatic carbocycles. The van der Waals surface area contributed by atoms with E-state index in [-0.39, 0.29) is 5.41 Å². The topological polar surface area (TPSA) is 14.7 Å². The van der Waals surface area contributed by atoms with Crippen molar-refractivity contribution in [3.05, 3.63) is 266 Å². The first-order valence-corrected chi connectivity index (χ1v) is 23.1. The van der Waals surface area contributed by atoms with Crippen LogP contribution in [0.1, 0.15) is 25.0 Å². The third-order valence-corrected chi connectivity index (χ3v) is 13.5. The van der Waals surface area contributed by atoms with E-state index in [4.69, 9.17) is 0 Å². The highest BCUT2D eigenvalue weighted by Gasteiger charge is 2.39. The van der Waals surface area contributed by atoms with Gasteiger partial charge >= 0.3 is 0 Å². The fourth-order valence-electron chi connectivity index (χ4n) is 10.5. The van der Waals surface area contributed by atoms with Crippen molar-refractivity contribution in [2.75, 3.05) is 14.7 Å². The second-order valence-electron chi connectivity index (χ2n) is 17.8. The number of nitrogens with zero attached hydrogens (tertiary/aromatic N) is 4. The highest BCUT2D eigenvalue weighted by atomic mass is 15.2. The monoisotopic (exact) mass is 860 g/mol. The summed E-state index contributed by atoms with van der Waals surface area (Å²) >= 11 is 0. The van der Waals surface area contributed by atoms with Crippen LogP contribution in [-0.4, -0.2) is 4.57 Å². The van der Waals surface area contributed by atoms with Gasteiger partial charge in [0.05, 0.1) is 11.0 Å². The minimum Gasteiger partial charge on any atom is -0.311 e. The molecule has 320 valence electrons. The summed E-state index contributed by atoms with van der Waals surface area (Å²) in [5, 5.41) is 2.52. The van der Waals surface area contributed by atoms with Crippen LogP contribution in [0.3, 0.4) is 0 Å². The molecule has 1 aliphatic rings. The van der Waals surface area contributed by atoms with Gasteiger partial charge in [-0.2, -0.15) is 0 Å². The van der Waals surface area contributed by atoms with E-state index in [9.17, 15) is 0 Å². The lowest BCUT2D eigenvalue weighted by Crippen LogP contribution is -2.17. The van der Waals surface area contributed by atoms with Crippen molar-refractivity contribution < 1.29 is 0 Å². The summed E-state index contributed by atoms with van der Waals surface area (Å²) in [7, 11) is 0. The number of fused-ring (bicyclic) bond motifs is 7. The zero-order valence-electron chi connectivity index (χ0n) is 37.5. The number of anilines is 9. The zero-order chi connectivity index (χ0) is 44.9. The summed E-state index contributed by atoms with van der Waals surface area (Å²) in [5.74, 6) is 0. The normalized spacial score (nSPS) is 12.4. The Morgan fingerprint density at radius 1 is 0.313 bits per heavy atom. The maximum atomic E-state index is 2.48. The van der Waals surface area contributed by atoms with Crippen molar-refractivity contribution in [1.82, 2.24) is 4.57 Å². The summed E-state index contributed by atoms with van der Waals surface area (Å²) in [6.45, 7) is 4.83. The predicted octanol–water partition coefficient (Wildman–Crippen LogP) is 17.5. The molecule has 1 heterocycles. The minimum absolute atomic E-state index is 0.313. The van der Waals surface area contributed by atoms with Crippen LogP contribution >= 0.6 is 0 Å². The maximum absolute atomic E-state index is 2.48. The predicted molar refractivity (Wildman–Crippen MR) is 282 cm³/mol. The van der Waals surface area contributed by atoms with Crippen molar-refractivity contribution in [2.24, 2.45) is 0 Å². The summed E-state index contributed by atoms with van der Waals surface area (Å²) in [6.07, 6.45) is 0. The molecule has 0 atom stereocenters. The van der Waals surface area contributed by atoms with Gasteiger partial charge in [-0.3, -0.25) is 0 Å². The van der Waals surface area contributed by atoms with Gasteiger partial charge in [0.25, 0.3) is 0 Å². The van der Waals surface area contributed by atoms with E-state index >= 15 is 0 Å². The van der Waals surface area contributed by atoms with Gasteiger partial charge in [0, 0.05) is 73.1 Å². The lowest BCUT2D eigenvalue weighted by Gasteiger charge is -2.28. The van der Waals surface area contributed by atoms with Crippen LogP contribution in [0.2, 0.25) is 0 Å². The number of hydrogen-bond donors (Lipinski definition) is 0. The summed E-state index contributed by atoms with van der Waals surface area (Å²) in [5.41, 5.74) is 18.4. The molecule has 67 heavy (non-hydrogen) atoms. The van der Waals surface area contributed by atoms with E-state index in [0.717, 1.165) is 62.4 Å². The molecule has 0 radical (unpaired) electrons. The Kier molecular flexibility index (Phi) is 9.80. The quantitative estimate of drug-likeness (QED) is 0.136. The van der Waals surface area contributed by atoms with Gasteiger partial charge in [0.1, 0.15) is 0 Å². The number of benzene rings is 10. The van der Waals surface area contributed by atoms with Crippen LogP contribution in [0.4, 0.5) is 51.2 Å². The molecule has 0 saturated heterocycles. The van der Waals surface area contributed by atoms with Crippen LogP contribution in [0, 0.1) is 0 Å². The molecule has 0 unspecified atom stereocenters. The van der Waals surface area contributed by atoms with E-state index in [1.807, 2.05) is 0 Å². The molecule has 0 aliphatic heterocycles. The third-order valence-electron chi connectivity index (χ3n) is 13.5. The average Bonchev–Trinajstić information content (AvgIpc) is 3.83. The highest BCUT2D eigenvalue weighted by Crippen LogP contribution is 2.55. The number of rotatable bonds is 10. The molecular weight excluding hydrogens is 813 g/mol. The van der Waals surface area contributed by atoms with Crippen molar-refractivity contribution in [3.8, 4) is 16.8 Å². The lowest BCUT2D eigenvalue weighted by molar-refractivity contribution is 0.666. The second-order valence-corrected chi connectivity index (χ2v) is 17.8. The largest absolute Gasteiger partial charge is 0.311 e. The van der Waals surface area contributed by atoms with Gasteiger partial charge in [0.15, 0.2) is 0 Å². The summed E-state index contributed by atoms with van der Waals surface area (Å²) in [6, 6.07) is 92.0. The first-order chi connectivity index (χ1) is 33.0. The smallest absolute Gasteiger partial charge is 0.0562 e. The maximum Gasteiger partial charge on any atom is 0.0562 e. The third kappa shape index (κ3) is 6.85. The summed E-state index contributed by atoms with van der Waals surface area (Å²) < 4.78 is 2.48. The molecule has 0 amide bonds. The number of hydrogen-bond acceptors (Lipinski definition) is 3. The Morgan fingerprint density at radius 2 is 0.672 bits per heavy atom. The molecule has 0 spiro atoms. The summed E-state index contributed by atoms with van der Waals surface area (Å²) in [4.78, 5) is 7.05. The fourth-order valence-corrected chi connectivity index (χ4v) is 10.5. The van der Waals surface area contributed by atoms with Crippen molar-refractivity contribution >= 4 is 73.0 Å². The van der Waals surface area contributed by atoms with Gasteiger partial charge in [-0.15, -0.1) is 0 Å². The van der Waals surface area contributed by atoms with Gasteiger partial charge in [-0.05, 0) is 150 Å². The molecule has 4 nitrogen and oxygen atoms in total. The van der Waals surface area contributed by atoms with Gasteiger partial charge < -0.3 is 19.3 Å². The zero-order valence-corrected chi connectivity index (χ0v) is 37.5. The second kappa shape index (κ2) is 16.4. The molecule has 0 N–H and O–H groups in total. The lowest BCUT2D eigenvalue weighted by atomic mass is 9.80. The van der Waals surface area contributed by atoms with Gasteiger partial charge in [-0.25, -0.2) is 0 Å². The molecule has 12 rings (SSSR count). The van der Waals surface area contributed by atoms with E-state index in [2.05, 4.69) is 288 Å². The average molecular weight is 861 g/mol. The van der Waals surface area contributed by atoms with Crippen LogP contribution in [0.5, 0.6) is 0 Å². The van der Waals surface area contributed by atoms with Crippen LogP contribution in [0.25, 0.3) is 38.6 Å². The van der Waals surface area contributed by atoms with Crippen molar-refractivity contribution in [2.45, 2.75) is 19.3 Å². The first-order valence-electron chi connectivity index (χ1n) is 23.1. The number of aromatic nitrogens is 1. The number of para-hydroxylation sites is 6. The van der Waals surface area contributed by atoms with E-state index < -0.39 is 0 Å². The SMILES string of the molecule is CC1(C)c2cc(N(c3ccccc3)c3ccccc3)ccc2-c2ccc3c(c21)c1ccc(N(c2ccccc2)c2ccccc2)cc1n3-c1ccc(N(c2ccccc2)c2ccccc2)cc1. The molecule has 1 aliphatic carbocycles. The van der Waals surface area contributed by atoms with Crippen molar-refractivity contribution in [1.29, 1.82) is 0 Å². The minimum atomic E-state index is -0.313. The molecule has 0 saturated carbocycles. The van der Waals surface area contributed by atoms with Crippen LogP contribution < -0.4 is 14.7 Å². The Morgan fingerprint density at radius 3 is 1.12 bits per heavy atom. The standard InChI is InChI=1S/C63H48N4/c1-63(2)58-43-53(65(47-25-13-5-14-26-47)48-27-15-6-16-28-48)37-39-55(58)56-41-42-59-61(62(56)63)57-40-38-54(66(49-29-17-7-18-30-49)50-31-19-8-20-32-50)44-60(57)67(59)52-35-33-51(34-36-52)64(45-21-9-3-10-22-45)46-23-11-4-12-24-46/h3-44H,1-2H3. The van der Waals surface area contributed by atoms with Crippen LogP contribution in [0.15, 0.2) is 255 Å². The highest BCUT2D eigenvalue weighted by molar-refractivity contribution is 6.15. The Bertz CT molecular complexity index is 3400. The van der Waals surface area contributed by atoms with Crippen LogP contribution in [-0.2, 0) is 5.41 Å². The molecule has 1 aromatic heterocycles. The van der Waals surface area contributed by atoms with E-state index in [0.29, 0.717) is 0 Å².